The van der Waals surface area contributed by atoms with Gasteiger partial charge in [-0.3, -0.25) is 4.79 Å². The Morgan fingerprint density at radius 3 is 3.12 bits per heavy atom. The minimum absolute atomic E-state index is 0.0401. The molecule has 1 aromatic rings. The second-order valence-electron chi connectivity index (χ2n) is 3.75. The highest BCUT2D eigenvalue weighted by molar-refractivity contribution is 9.10. The van der Waals surface area contributed by atoms with Gasteiger partial charge in [-0.15, -0.1) is 0 Å². The van der Waals surface area contributed by atoms with Crippen LogP contribution in [0.3, 0.4) is 0 Å². The van der Waals surface area contributed by atoms with Crippen molar-refractivity contribution >= 4 is 27.7 Å². The minimum atomic E-state index is -0.0401. The number of ether oxygens (including phenoxy) is 1. The van der Waals surface area contributed by atoms with Crippen molar-refractivity contribution in [2.45, 2.75) is 25.4 Å². The molecule has 1 atom stereocenters. The largest absolute Gasteiger partial charge is 0.378 e. The number of carbonyl (C=O) groups excluding carboxylic acids is 1. The van der Waals surface area contributed by atoms with E-state index in [1.165, 1.54) is 0 Å². The molecule has 2 rings (SSSR count). The number of rotatable bonds is 3. The zero-order valence-electron chi connectivity index (χ0n) is 8.78. The summed E-state index contributed by atoms with van der Waals surface area (Å²) in [5.74, 6) is 0.535. The van der Waals surface area contributed by atoms with Gasteiger partial charge in [0.15, 0.2) is 0 Å². The van der Waals surface area contributed by atoms with Gasteiger partial charge in [0.05, 0.1) is 12.5 Å². The van der Waals surface area contributed by atoms with E-state index in [9.17, 15) is 4.79 Å². The van der Waals surface area contributed by atoms with E-state index in [4.69, 9.17) is 4.74 Å². The third-order valence-corrected chi connectivity index (χ3v) is 2.90. The molecular weight excluding hydrogens is 272 g/mol. The van der Waals surface area contributed by atoms with Crippen LogP contribution in [0.5, 0.6) is 0 Å². The molecule has 1 aliphatic heterocycles. The fourth-order valence-corrected chi connectivity index (χ4v) is 1.89. The maximum absolute atomic E-state index is 11.6. The van der Waals surface area contributed by atoms with Gasteiger partial charge in [-0.25, -0.2) is 4.98 Å². The SMILES string of the molecule is O=C(CC1CCCO1)Nc1ccc(Br)cn1. The Balaban J connectivity index is 1.84. The highest BCUT2D eigenvalue weighted by Crippen LogP contribution is 2.16. The average molecular weight is 285 g/mol. The lowest BCUT2D eigenvalue weighted by Gasteiger charge is -2.09. The highest BCUT2D eigenvalue weighted by Gasteiger charge is 2.19. The molecule has 1 unspecified atom stereocenters. The summed E-state index contributed by atoms with van der Waals surface area (Å²) < 4.78 is 6.28. The van der Waals surface area contributed by atoms with Crippen molar-refractivity contribution in [3.8, 4) is 0 Å². The molecule has 2 heterocycles. The maximum atomic E-state index is 11.6. The Morgan fingerprint density at radius 1 is 1.62 bits per heavy atom. The third kappa shape index (κ3) is 3.28. The predicted octanol–water partition coefficient (Wildman–Crippen LogP) is 2.35. The van der Waals surface area contributed by atoms with Gasteiger partial charge < -0.3 is 10.1 Å². The lowest BCUT2D eigenvalue weighted by molar-refractivity contribution is -0.118. The summed E-state index contributed by atoms with van der Waals surface area (Å²) in [6.45, 7) is 0.772. The standard InChI is InChI=1S/C11H13BrN2O2/c12-8-3-4-10(13-7-8)14-11(15)6-9-2-1-5-16-9/h3-4,7,9H,1-2,5-6H2,(H,13,14,15). The van der Waals surface area contributed by atoms with Gasteiger partial charge in [0.2, 0.25) is 5.91 Å². The average Bonchev–Trinajstić information content (AvgIpc) is 2.74. The zero-order valence-corrected chi connectivity index (χ0v) is 10.4. The second kappa shape index (κ2) is 5.41. The Kier molecular flexibility index (Phi) is 3.90. The molecular formula is C11H13BrN2O2. The van der Waals surface area contributed by atoms with Crippen LogP contribution in [0.4, 0.5) is 5.82 Å². The molecule has 1 aromatic heterocycles. The highest BCUT2D eigenvalue weighted by atomic mass is 79.9. The Morgan fingerprint density at radius 2 is 2.50 bits per heavy atom. The quantitative estimate of drug-likeness (QED) is 0.927. The van der Waals surface area contributed by atoms with E-state index < -0.39 is 0 Å². The number of amides is 1. The van der Waals surface area contributed by atoms with E-state index in [0.717, 1.165) is 23.9 Å². The summed E-state index contributed by atoms with van der Waals surface area (Å²) in [7, 11) is 0. The minimum Gasteiger partial charge on any atom is -0.378 e. The molecule has 0 radical (unpaired) electrons. The number of hydrogen-bond acceptors (Lipinski definition) is 3. The van der Waals surface area contributed by atoms with Crippen LogP contribution in [-0.4, -0.2) is 23.6 Å². The number of anilines is 1. The van der Waals surface area contributed by atoms with Gasteiger partial charge >= 0.3 is 0 Å². The van der Waals surface area contributed by atoms with Gasteiger partial charge in [-0.2, -0.15) is 0 Å². The topological polar surface area (TPSA) is 51.2 Å². The normalized spacial score (nSPS) is 19.7. The molecule has 5 heteroatoms. The van der Waals surface area contributed by atoms with Gasteiger partial charge in [0, 0.05) is 17.3 Å². The summed E-state index contributed by atoms with van der Waals surface area (Å²) in [5.41, 5.74) is 0. The lowest BCUT2D eigenvalue weighted by atomic mass is 10.2. The third-order valence-electron chi connectivity index (χ3n) is 2.43. The molecule has 86 valence electrons. The maximum Gasteiger partial charge on any atom is 0.228 e. The number of hydrogen-bond donors (Lipinski definition) is 1. The van der Waals surface area contributed by atoms with E-state index in [2.05, 4.69) is 26.2 Å². The van der Waals surface area contributed by atoms with Crippen LogP contribution in [-0.2, 0) is 9.53 Å². The van der Waals surface area contributed by atoms with Crippen molar-refractivity contribution in [1.82, 2.24) is 4.98 Å². The molecule has 1 amide bonds. The number of aromatic nitrogens is 1. The first-order valence-corrected chi connectivity index (χ1v) is 6.06. The van der Waals surface area contributed by atoms with Crippen molar-refractivity contribution in [2.24, 2.45) is 0 Å². The van der Waals surface area contributed by atoms with Crippen LogP contribution < -0.4 is 5.32 Å². The summed E-state index contributed by atoms with van der Waals surface area (Å²) in [5, 5.41) is 2.75. The van der Waals surface area contributed by atoms with E-state index in [0.29, 0.717) is 12.2 Å². The fraction of sp³-hybridized carbons (Fsp3) is 0.455. The van der Waals surface area contributed by atoms with Gasteiger partial charge in [0.1, 0.15) is 5.82 Å². The molecule has 0 aromatic carbocycles. The molecule has 4 nitrogen and oxygen atoms in total. The van der Waals surface area contributed by atoms with Crippen LogP contribution in [0, 0.1) is 0 Å². The first-order valence-electron chi connectivity index (χ1n) is 5.27. The monoisotopic (exact) mass is 284 g/mol. The van der Waals surface area contributed by atoms with Crippen molar-refractivity contribution in [3.63, 3.8) is 0 Å². The second-order valence-corrected chi connectivity index (χ2v) is 4.66. The van der Waals surface area contributed by atoms with Crippen LogP contribution in [0.15, 0.2) is 22.8 Å². The lowest BCUT2D eigenvalue weighted by Crippen LogP contribution is -2.19. The molecule has 1 saturated heterocycles. The number of pyridine rings is 1. The van der Waals surface area contributed by atoms with E-state index in [1.807, 2.05) is 6.07 Å². The Bertz CT molecular complexity index is 361. The fourth-order valence-electron chi connectivity index (χ4n) is 1.66. The first-order chi connectivity index (χ1) is 7.74. The number of nitrogens with zero attached hydrogens (tertiary/aromatic N) is 1. The summed E-state index contributed by atoms with van der Waals surface area (Å²) >= 11 is 3.29. The first kappa shape index (κ1) is 11.5. The summed E-state index contributed by atoms with van der Waals surface area (Å²) in [4.78, 5) is 15.7. The molecule has 0 saturated carbocycles. The molecule has 1 fully saturated rings. The summed E-state index contributed by atoms with van der Waals surface area (Å²) in [6, 6.07) is 3.60. The summed E-state index contributed by atoms with van der Waals surface area (Å²) in [6.07, 6.45) is 4.17. The van der Waals surface area contributed by atoms with Crippen LogP contribution in [0.1, 0.15) is 19.3 Å². The molecule has 0 spiro atoms. The smallest absolute Gasteiger partial charge is 0.228 e. The number of halogens is 1. The van der Waals surface area contributed by atoms with E-state index >= 15 is 0 Å². The number of carbonyl (C=O) groups is 1. The van der Waals surface area contributed by atoms with Gasteiger partial charge in [0.25, 0.3) is 0 Å². The Labute approximate surface area is 103 Å². The van der Waals surface area contributed by atoms with Gasteiger partial charge in [-0.1, -0.05) is 0 Å². The Hall–Kier alpha value is -0.940. The van der Waals surface area contributed by atoms with Crippen molar-refractivity contribution in [1.29, 1.82) is 0 Å². The van der Waals surface area contributed by atoms with Crippen molar-refractivity contribution in [3.05, 3.63) is 22.8 Å². The van der Waals surface area contributed by atoms with Gasteiger partial charge in [-0.05, 0) is 40.9 Å². The van der Waals surface area contributed by atoms with E-state index in [1.54, 1.807) is 12.3 Å². The predicted molar refractivity (Wildman–Crippen MR) is 64.2 cm³/mol. The zero-order chi connectivity index (χ0) is 11.4. The molecule has 1 aliphatic rings. The van der Waals surface area contributed by atoms with E-state index in [-0.39, 0.29) is 12.0 Å². The van der Waals surface area contributed by atoms with Crippen molar-refractivity contribution < 1.29 is 9.53 Å². The molecule has 0 aliphatic carbocycles. The molecule has 0 bridgehead atoms. The van der Waals surface area contributed by atoms with Crippen LogP contribution in [0.25, 0.3) is 0 Å². The van der Waals surface area contributed by atoms with Crippen molar-refractivity contribution in [2.75, 3.05) is 11.9 Å². The molecule has 1 N–H and O–H groups in total. The van der Waals surface area contributed by atoms with Crippen LogP contribution >= 0.6 is 15.9 Å². The number of nitrogens with one attached hydrogen (secondary N) is 1. The van der Waals surface area contributed by atoms with Crippen LogP contribution in [0.2, 0.25) is 0 Å². The molecule has 16 heavy (non-hydrogen) atoms.